The number of aliphatic hydroxyl groups excluding tert-OH is 7. The summed E-state index contributed by atoms with van der Waals surface area (Å²) in [4.78, 5) is 0. The highest BCUT2D eigenvalue weighted by Gasteiger charge is 2.44. The van der Waals surface area contributed by atoms with E-state index in [1.807, 2.05) is 0 Å². The lowest BCUT2D eigenvalue weighted by atomic mass is 9.96. The zero-order valence-corrected chi connectivity index (χ0v) is 15.0. The molecule has 2 fully saturated rings. The summed E-state index contributed by atoms with van der Waals surface area (Å²) < 4.78 is 16.2. The summed E-state index contributed by atoms with van der Waals surface area (Å²) >= 11 is 0. The van der Waals surface area contributed by atoms with Crippen LogP contribution in [0.5, 0.6) is 0 Å². The van der Waals surface area contributed by atoms with Gasteiger partial charge in [0.25, 0.3) is 0 Å². The van der Waals surface area contributed by atoms with Gasteiger partial charge in [0.15, 0.2) is 6.29 Å². The third kappa shape index (κ3) is 5.78. The van der Waals surface area contributed by atoms with Gasteiger partial charge < -0.3 is 55.3 Å². The molecule has 0 unspecified atom stereocenters. The van der Waals surface area contributed by atoms with E-state index in [0.29, 0.717) is 12.8 Å². The molecule has 0 amide bonds. The van der Waals surface area contributed by atoms with Gasteiger partial charge >= 0.3 is 0 Å². The first-order valence-electron chi connectivity index (χ1n) is 9.14. The SMILES string of the molecule is OC[C@H]1NC[C@H](O)[C@@H](O)[C@@H]1OCCCCO[C@H]1O[C@H](CO)[C@@H](O)[C@H](O)[C@H]1O. The van der Waals surface area contributed by atoms with Crippen molar-refractivity contribution in [3.8, 4) is 0 Å². The van der Waals surface area contributed by atoms with Crippen LogP contribution in [0.25, 0.3) is 0 Å². The predicted octanol–water partition coefficient (Wildman–Crippen LogP) is -4.35. The highest BCUT2D eigenvalue weighted by molar-refractivity contribution is 4.93. The van der Waals surface area contributed by atoms with Gasteiger partial charge in [0.2, 0.25) is 0 Å². The fourth-order valence-electron chi connectivity index (χ4n) is 3.18. The van der Waals surface area contributed by atoms with Crippen LogP contribution >= 0.6 is 0 Å². The van der Waals surface area contributed by atoms with Crippen molar-refractivity contribution in [3.05, 3.63) is 0 Å². The zero-order valence-electron chi connectivity index (χ0n) is 15.0. The Hall–Kier alpha value is -0.440. The second kappa shape index (κ2) is 10.9. The van der Waals surface area contributed by atoms with Crippen LogP contribution in [0.2, 0.25) is 0 Å². The van der Waals surface area contributed by atoms with Gasteiger partial charge in [-0.15, -0.1) is 0 Å². The van der Waals surface area contributed by atoms with E-state index in [2.05, 4.69) is 5.32 Å². The first-order valence-corrected chi connectivity index (χ1v) is 9.14. The van der Waals surface area contributed by atoms with Crippen molar-refractivity contribution < 1.29 is 50.0 Å². The molecule has 11 nitrogen and oxygen atoms in total. The summed E-state index contributed by atoms with van der Waals surface area (Å²) in [6.07, 6.45) is -8.26. The van der Waals surface area contributed by atoms with Gasteiger partial charge in [0, 0.05) is 19.8 Å². The Balaban J connectivity index is 1.66. The second-order valence-electron chi connectivity index (χ2n) is 6.87. The average molecular weight is 397 g/mol. The van der Waals surface area contributed by atoms with Crippen molar-refractivity contribution in [2.24, 2.45) is 0 Å². The largest absolute Gasteiger partial charge is 0.395 e. The van der Waals surface area contributed by atoms with E-state index < -0.39 is 61.7 Å². The van der Waals surface area contributed by atoms with Gasteiger partial charge in [-0.3, -0.25) is 0 Å². The van der Waals surface area contributed by atoms with E-state index in [1.54, 1.807) is 0 Å². The minimum atomic E-state index is -1.48. The van der Waals surface area contributed by atoms with E-state index in [4.69, 9.17) is 19.3 Å². The van der Waals surface area contributed by atoms with Crippen molar-refractivity contribution in [1.29, 1.82) is 0 Å². The third-order valence-electron chi connectivity index (χ3n) is 4.89. The van der Waals surface area contributed by atoms with E-state index >= 15 is 0 Å². The van der Waals surface area contributed by atoms with E-state index in [9.17, 15) is 30.6 Å². The Morgan fingerprint density at radius 3 is 2.11 bits per heavy atom. The number of aliphatic hydroxyl groups is 7. The first kappa shape index (κ1) is 22.8. The standard InChI is InChI=1S/C16H31NO10/c18-6-8-15(11(21)9(20)5-17-8)25-3-1-2-4-26-16-14(24)13(23)12(22)10(7-19)27-16/h8-24H,1-7H2/t8-,9+,10-,11-,12-,13+,14-,15-,16+/m1/s1. The zero-order chi connectivity index (χ0) is 20.0. The number of β-amino-alcohol motifs (C(OH)–C–C–N with tert-alkyl or cyclic N) is 1. The quantitative estimate of drug-likeness (QED) is 0.176. The molecule has 2 aliphatic heterocycles. The first-order chi connectivity index (χ1) is 12.9. The molecule has 0 aliphatic carbocycles. The number of unbranched alkanes of at least 4 members (excludes halogenated alkanes) is 1. The summed E-state index contributed by atoms with van der Waals surface area (Å²) in [5.74, 6) is 0. The highest BCUT2D eigenvalue weighted by Crippen LogP contribution is 2.22. The number of hydrogen-bond donors (Lipinski definition) is 8. The molecular weight excluding hydrogens is 366 g/mol. The fourth-order valence-corrected chi connectivity index (χ4v) is 3.18. The number of rotatable bonds is 9. The van der Waals surface area contributed by atoms with Gasteiger partial charge in [-0.05, 0) is 12.8 Å². The van der Waals surface area contributed by atoms with Gasteiger partial charge in [0.1, 0.15) is 36.6 Å². The lowest BCUT2D eigenvalue weighted by Crippen LogP contribution is -2.61. The number of ether oxygens (including phenoxy) is 3. The Kier molecular flexibility index (Phi) is 9.25. The minimum absolute atomic E-state index is 0.170. The van der Waals surface area contributed by atoms with Gasteiger partial charge in [-0.1, -0.05) is 0 Å². The van der Waals surface area contributed by atoms with Crippen LogP contribution in [0.15, 0.2) is 0 Å². The van der Waals surface area contributed by atoms with E-state index in [0.717, 1.165) is 0 Å². The molecule has 0 bridgehead atoms. The number of hydrogen-bond acceptors (Lipinski definition) is 11. The Labute approximate surface area is 157 Å². The minimum Gasteiger partial charge on any atom is -0.395 e. The molecule has 27 heavy (non-hydrogen) atoms. The summed E-state index contributed by atoms with van der Waals surface area (Å²) in [7, 11) is 0. The van der Waals surface area contributed by atoms with Crippen molar-refractivity contribution in [2.45, 2.75) is 67.9 Å². The Morgan fingerprint density at radius 2 is 1.48 bits per heavy atom. The maximum atomic E-state index is 9.98. The smallest absolute Gasteiger partial charge is 0.186 e. The van der Waals surface area contributed by atoms with Gasteiger partial charge in [-0.2, -0.15) is 0 Å². The molecule has 0 saturated carbocycles. The van der Waals surface area contributed by atoms with Crippen LogP contribution in [0.3, 0.4) is 0 Å². The maximum absolute atomic E-state index is 9.98. The molecule has 11 heteroatoms. The average Bonchev–Trinajstić information content (AvgIpc) is 2.67. The molecule has 2 rings (SSSR count). The van der Waals surface area contributed by atoms with Crippen LogP contribution in [0, 0.1) is 0 Å². The van der Waals surface area contributed by atoms with E-state index in [1.165, 1.54) is 0 Å². The number of nitrogens with one attached hydrogen (secondary N) is 1. The summed E-state index contributed by atoms with van der Waals surface area (Å²) in [6, 6.07) is -0.464. The molecule has 0 radical (unpaired) electrons. The molecule has 9 atom stereocenters. The van der Waals surface area contributed by atoms with Gasteiger partial charge in [-0.25, -0.2) is 0 Å². The maximum Gasteiger partial charge on any atom is 0.186 e. The summed E-state index contributed by atoms with van der Waals surface area (Å²) in [6.45, 7) is -0.142. The summed E-state index contributed by atoms with van der Waals surface area (Å²) in [5, 5.41) is 70.2. The molecule has 2 saturated heterocycles. The molecule has 160 valence electrons. The molecule has 0 aromatic heterocycles. The number of piperidine rings is 1. The molecule has 0 aromatic rings. The Morgan fingerprint density at radius 1 is 0.815 bits per heavy atom. The van der Waals surface area contributed by atoms with Crippen molar-refractivity contribution in [3.63, 3.8) is 0 Å². The fraction of sp³-hybridized carbons (Fsp3) is 1.00. The predicted molar refractivity (Wildman–Crippen MR) is 89.6 cm³/mol. The van der Waals surface area contributed by atoms with Crippen LogP contribution in [-0.2, 0) is 14.2 Å². The Bertz CT molecular complexity index is 426. The second-order valence-corrected chi connectivity index (χ2v) is 6.87. The monoisotopic (exact) mass is 397 g/mol. The van der Waals surface area contributed by atoms with Crippen LogP contribution in [0.4, 0.5) is 0 Å². The highest BCUT2D eigenvalue weighted by atomic mass is 16.7. The lowest BCUT2D eigenvalue weighted by molar-refractivity contribution is -0.301. The van der Waals surface area contributed by atoms with Crippen LogP contribution < -0.4 is 5.32 Å². The third-order valence-corrected chi connectivity index (χ3v) is 4.89. The summed E-state index contributed by atoms with van der Waals surface area (Å²) in [5.41, 5.74) is 0. The van der Waals surface area contributed by atoms with Crippen LogP contribution in [-0.4, -0.2) is 124 Å². The molecule has 8 N–H and O–H groups in total. The molecule has 0 aromatic carbocycles. The molecule has 2 aliphatic rings. The van der Waals surface area contributed by atoms with E-state index in [-0.39, 0.29) is 26.4 Å². The normalized spacial score (nSPS) is 43.0. The van der Waals surface area contributed by atoms with Crippen molar-refractivity contribution in [1.82, 2.24) is 5.32 Å². The molecule has 0 spiro atoms. The van der Waals surface area contributed by atoms with Crippen molar-refractivity contribution in [2.75, 3.05) is 33.0 Å². The molecule has 2 heterocycles. The topological polar surface area (TPSA) is 181 Å². The van der Waals surface area contributed by atoms with Crippen molar-refractivity contribution >= 4 is 0 Å². The molecular formula is C16H31NO10. The lowest BCUT2D eigenvalue weighted by Gasteiger charge is -2.39. The van der Waals surface area contributed by atoms with Gasteiger partial charge in [0.05, 0.1) is 25.4 Å². The van der Waals surface area contributed by atoms with Crippen LogP contribution in [0.1, 0.15) is 12.8 Å².